The number of aliphatic carboxylic acids is 1. The number of aliphatic hydroxyl groups is 2. The van der Waals surface area contributed by atoms with Crippen molar-refractivity contribution in [3.63, 3.8) is 0 Å². The SMILES string of the molecule is C[C@]12C=CC(=O)C=C1[C@@H](F)C[C@H]1[C@@H]3C[C@H]4CN(CCCc5ccccc5)C[C@@]4(C(=O)O)[C@@]3(C)C[C@H](O)[C@@]12F.C[C@]12C=CC(=O)C=C1[C@@H](F)C[C@H]1[C@@H]3C[C@H]4CN(CCCc5ccccc5)C[C@@]4(C(=O)OCCN)[C@@]3(C)C[C@H](O)[C@@]12F.O=CO[O-].[H-].[Na+].[Na+]. The van der Waals surface area contributed by atoms with Crippen molar-refractivity contribution in [1.29, 1.82) is 0 Å². The number of hydrogen-bond acceptors (Lipinski definition) is 13. The molecule has 0 amide bonds. The largest absolute Gasteiger partial charge is 1.00 e. The maximum atomic E-state index is 17.6. The zero-order valence-electron chi connectivity index (χ0n) is 50.9. The number of hydrogen-bond donors (Lipinski definition) is 4. The van der Waals surface area contributed by atoms with E-state index in [0.717, 1.165) is 38.8 Å². The Bertz CT molecular complexity index is 2970. The molecule has 2 saturated heterocycles. The fourth-order valence-corrected chi connectivity index (χ4v) is 19.4. The second kappa shape index (κ2) is 25.5. The standard InChI is InChI=1S/C33H42F2N2O4.C31H37F2NO4.CH2O3.2Na.H/c1-30-11-10-23(38)16-26(30)27(34)17-25-24-15-22-19-37(13-6-9-21-7-4-3-5-8-21)20-32(22,29(40)41-14-12-36)31(24,2)18-28(39)33(25,30)35;1-28-11-10-21(35)14-24(28)25(32)15-23-22-13-20-17-34(12-6-9-19-7-4-3-5-8-19)18-30(20,27(37)38)29(22,2)16-26(36)31(23,28)33;2-1-4-3;;;/h3-5,7-8,10-11,16,22,24-25,27-28,39H,6,9,12-15,17-20,36H2,1-2H3;3-5,7-8,10-11,14,20,22-23,25-26,36H,6,9,12-13,15-18H2,1-2H3,(H,37,38);1,3H;;;/q;;;2*+1;-1/p-1/t22-,24-,25-,27-,28-,30-,31-,32+,33-;20-,22-,23-,25-,26-,28-,29-,30+,31-;;;;/m00..../s1. The van der Waals surface area contributed by atoms with Crippen LogP contribution in [0.1, 0.15) is 91.6 Å². The number of likely N-dealkylation sites (tertiary alicyclic amines) is 2. The van der Waals surface area contributed by atoms with Gasteiger partial charge in [0.1, 0.15) is 19.0 Å². The number of alkyl halides is 4. The number of halogens is 4. The van der Waals surface area contributed by atoms with E-state index < -0.39 is 86.2 Å². The van der Waals surface area contributed by atoms with Gasteiger partial charge in [-0.05, 0) is 172 Å². The number of nitrogens with two attached hydrogens (primary N) is 1. The molecular formula is C65H81F4N3Na2O11. The van der Waals surface area contributed by atoms with Gasteiger partial charge >= 0.3 is 71.1 Å². The van der Waals surface area contributed by atoms with E-state index in [-0.39, 0.29) is 158 Å². The zero-order valence-corrected chi connectivity index (χ0v) is 53.9. The molecule has 10 aliphatic rings. The fraction of sp³-hybridized carbons (Fsp3) is 0.615. The number of ketones is 2. The summed E-state index contributed by atoms with van der Waals surface area (Å²) in [5.74, 6) is -4.56. The summed E-state index contributed by atoms with van der Waals surface area (Å²) in [6.45, 7) is 10.9. The smallest absolute Gasteiger partial charge is 1.00 e. The third kappa shape index (κ3) is 10.5. The van der Waals surface area contributed by atoms with Crippen LogP contribution in [0.2, 0.25) is 0 Å². The maximum Gasteiger partial charge on any atom is 1.00 e. The van der Waals surface area contributed by atoms with Gasteiger partial charge in [0.15, 0.2) is 22.9 Å². The summed E-state index contributed by atoms with van der Waals surface area (Å²) < 4.78 is 72.2. The number of carbonyl (C=O) groups is 5. The summed E-state index contributed by atoms with van der Waals surface area (Å²) in [6, 6.07) is 20.5. The molecule has 0 spiro atoms. The number of nitrogens with zero attached hydrogens (tertiary/aromatic N) is 2. The Kier molecular flexibility index (Phi) is 20.3. The molecule has 0 bridgehead atoms. The average molecular weight is 1200 g/mol. The van der Waals surface area contributed by atoms with Crippen LogP contribution >= 0.6 is 0 Å². The number of rotatable bonds is 13. The number of ether oxygens (including phenoxy) is 1. The topological polar surface area (TPSA) is 220 Å². The van der Waals surface area contributed by atoms with Gasteiger partial charge in [-0.2, -0.15) is 0 Å². The molecule has 20 heteroatoms. The van der Waals surface area contributed by atoms with Gasteiger partial charge in [0, 0.05) is 55.4 Å². The normalized spacial score (nSPS) is 41.5. The maximum absolute atomic E-state index is 17.6. The second-order valence-corrected chi connectivity index (χ2v) is 26.6. The van der Waals surface area contributed by atoms with Crippen molar-refractivity contribution in [2.45, 2.75) is 128 Å². The first-order valence-corrected chi connectivity index (χ1v) is 29.7. The molecule has 452 valence electrons. The van der Waals surface area contributed by atoms with Gasteiger partial charge in [-0.3, -0.25) is 24.0 Å². The number of fused-ring (bicyclic) bond motifs is 14. The summed E-state index contributed by atoms with van der Waals surface area (Å²) in [7, 11) is 0. The van der Waals surface area contributed by atoms with Gasteiger partial charge in [-0.15, -0.1) is 0 Å². The Labute approximate surface area is 541 Å². The number of benzene rings is 2. The molecule has 0 unspecified atom stereocenters. The van der Waals surface area contributed by atoms with E-state index in [4.69, 9.17) is 20.5 Å². The monoisotopic (exact) mass is 1200 g/mol. The van der Waals surface area contributed by atoms with Gasteiger partial charge in [-0.1, -0.05) is 86.7 Å². The van der Waals surface area contributed by atoms with Crippen molar-refractivity contribution in [2.75, 3.05) is 52.4 Å². The van der Waals surface area contributed by atoms with Crippen LogP contribution in [0.3, 0.4) is 0 Å². The first kappa shape index (κ1) is 67.6. The quantitative estimate of drug-likeness (QED) is 0.0551. The van der Waals surface area contributed by atoms with E-state index in [9.17, 15) is 34.5 Å². The molecule has 85 heavy (non-hydrogen) atoms. The molecular weight excluding hydrogens is 1120 g/mol. The Hall–Kier alpha value is -3.37. The van der Waals surface area contributed by atoms with Crippen molar-refractivity contribution in [1.82, 2.24) is 9.80 Å². The summed E-state index contributed by atoms with van der Waals surface area (Å²) in [5.41, 5.74) is -2.49. The van der Waals surface area contributed by atoms with E-state index >= 15 is 17.6 Å². The minimum absolute atomic E-state index is 0. The second-order valence-electron chi connectivity index (χ2n) is 26.6. The number of aryl methyl sites for hydroxylation is 2. The molecule has 5 N–H and O–H groups in total. The van der Waals surface area contributed by atoms with E-state index in [0.29, 0.717) is 39.0 Å². The first-order chi connectivity index (χ1) is 39.4. The molecule has 6 saturated carbocycles. The van der Waals surface area contributed by atoms with Gasteiger partial charge in [0.05, 0.1) is 23.0 Å². The van der Waals surface area contributed by atoms with Gasteiger partial charge < -0.3 is 47.2 Å². The van der Waals surface area contributed by atoms with Crippen molar-refractivity contribution in [2.24, 2.45) is 73.7 Å². The first-order valence-electron chi connectivity index (χ1n) is 29.7. The average Bonchev–Trinajstić information content (AvgIpc) is 1.39. The van der Waals surface area contributed by atoms with Crippen molar-refractivity contribution in [3.05, 3.63) is 119 Å². The van der Waals surface area contributed by atoms with Crippen LogP contribution in [0.4, 0.5) is 17.6 Å². The molecule has 8 aliphatic carbocycles. The fourth-order valence-electron chi connectivity index (χ4n) is 19.4. The van der Waals surface area contributed by atoms with Crippen molar-refractivity contribution >= 4 is 30.0 Å². The molecule has 14 nitrogen and oxygen atoms in total. The molecule has 8 fully saturated rings. The molecule has 12 rings (SSSR count). The number of allylic oxidation sites excluding steroid dienone is 8. The van der Waals surface area contributed by atoms with Crippen molar-refractivity contribution < 1.29 is 132 Å². The van der Waals surface area contributed by atoms with Crippen LogP contribution in [0.25, 0.3) is 0 Å². The molecule has 2 heterocycles. The third-order valence-corrected chi connectivity index (χ3v) is 23.2. The van der Waals surface area contributed by atoms with Crippen LogP contribution in [0, 0.1) is 68.0 Å². The number of carboxylic acids is 1. The predicted octanol–water partition coefficient (Wildman–Crippen LogP) is 1.07. The van der Waals surface area contributed by atoms with E-state index in [2.05, 4.69) is 39.0 Å². The van der Waals surface area contributed by atoms with Crippen LogP contribution in [-0.4, -0.2) is 143 Å². The minimum Gasteiger partial charge on any atom is -1.00 e. The Balaban J connectivity index is 0.000000225. The minimum atomic E-state index is -2.17. The number of carboxylic acid groups (broad SMARTS) is 1. The summed E-state index contributed by atoms with van der Waals surface area (Å²) in [4.78, 5) is 67.1. The number of aliphatic hydroxyl groups excluding tert-OH is 2. The van der Waals surface area contributed by atoms with Crippen LogP contribution in [0.5, 0.6) is 0 Å². The van der Waals surface area contributed by atoms with Gasteiger partial charge in [0.2, 0.25) is 0 Å². The Morgan fingerprint density at radius 3 is 1.49 bits per heavy atom. The molecule has 2 aromatic rings. The molecule has 2 aliphatic heterocycles. The summed E-state index contributed by atoms with van der Waals surface area (Å²) >= 11 is 0. The van der Waals surface area contributed by atoms with Gasteiger partial charge in [0.25, 0.3) is 6.47 Å². The molecule has 0 radical (unpaired) electrons. The summed E-state index contributed by atoms with van der Waals surface area (Å²) in [6.07, 6.45) is 6.56. The Morgan fingerprint density at radius 2 is 1.09 bits per heavy atom. The molecule has 0 aromatic heterocycles. The predicted molar refractivity (Wildman–Crippen MR) is 298 cm³/mol. The zero-order chi connectivity index (χ0) is 59.7. The van der Waals surface area contributed by atoms with Crippen LogP contribution in [0.15, 0.2) is 108 Å². The van der Waals surface area contributed by atoms with E-state index in [1.165, 1.54) is 47.6 Å². The summed E-state index contributed by atoms with van der Waals surface area (Å²) in [5, 5.41) is 42.4. The number of carbonyl (C=O) groups excluding carboxylic acids is 4. The third-order valence-electron chi connectivity index (χ3n) is 23.2. The van der Waals surface area contributed by atoms with Crippen molar-refractivity contribution in [3.8, 4) is 0 Å². The Morgan fingerprint density at radius 1 is 0.694 bits per heavy atom. The molecule has 18 atom stereocenters. The number of esters is 1. The van der Waals surface area contributed by atoms with E-state index in [1.807, 2.05) is 50.2 Å². The van der Waals surface area contributed by atoms with Crippen LogP contribution < -0.4 is 70.1 Å². The van der Waals surface area contributed by atoms with Gasteiger partial charge in [-0.25, -0.2) is 17.6 Å². The molecule has 2 aromatic carbocycles. The van der Waals surface area contributed by atoms with E-state index in [1.54, 1.807) is 13.8 Å². The van der Waals surface area contributed by atoms with Crippen LogP contribution in [-0.2, 0) is 46.4 Å².